The number of rotatable bonds is 5. The molecule has 0 bridgehead atoms. The molecule has 1 saturated heterocycles. The van der Waals surface area contributed by atoms with Gasteiger partial charge in [-0.05, 0) is 45.2 Å². The van der Waals surface area contributed by atoms with E-state index in [-0.39, 0.29) is 29.5 Å². The fraction of sp³-hybridized carbons (Fsp3) is 0.522. The predicted molar refractivity (Wildman–Crippen MR) is 121 cm³/mol. The molecule has 0 N–H and O–H groups in total. The lowest BCUT2D eigenvalue weighted by atomic mass is 10.1. The maximum absolute atomic E-state index is 13.7. The molecular formula is C23H31N3O5S. The number of sulfonamides is 1. The number of para-hydroxylation sites is 2. The number of piperidine rings is 1. The predicted octanol–water partition coefficient (Wildman–Crippen LogP) is 2.73. The van der Waals surface area contributed by atoms with Crippen LogP contribution in [-0.4, -0.2) is 67.5 Å². The van der Waals surface area contributed by atoms with Gasteiger partial charge in [0.25, 0.3) is 5.91 Å². The van der Waals surface area contributed by atoms with Crippen LogP contribution < -0.4 is 9.47 Å². The monoisotopic (exact) mass is 461 g/mol. The number of carbonyl (C=O) groups excluding carboxylic acids is 1. The highest BCUT2D eigenvalue weighted by Crippen LogP contribution is 2.33. The van der Waals surface area contributed by atoms with E-state index in [1.165, 1.54) is 11.4 Å². The van der Waals surface area contributed by atoms with E-state index in [0.29, 0.717) is 36.0 Å². The summed E-state index contributed by atoms with van der Waals surface area (Å²) in [5, 5.41) is 0. The van der Waals surface area contributed by atoms with Crippen molar-refractivity contribution in [3.8, 4) is 11.5 Å². The first-order valence-corrected chi connectivity index (χ1v) is 12.5. The van der Waals surface area contributed by atoms with Crippen LogP contribution in [0.3, 0.4) is 0 Å². The Balaban J connectivity index is 1.62. The Labute approximate surface area is 189 Å². The third-order valence-corrected chi connectivity index (χ3v) is 8.46. The third kappa shape index (κ3) is 3.99. The molecule has 1 aromatic heterocycles. The number of likely N-dealkylation sites (N-methyl/N-ethyl adjacent to an activating group) is 1. The van der Waals surface area contributed by atoms with Gasteiger partial charge < -0.3 is 18.9 Å². The van der Waals surface area contributed by atoms with E-state index in [1.54, 1.807) is 36.4 Å². The molecule has 0 aliphatic carbocycles. The van der Waals surface area contributed by atoms with E-state index < -0.39 is 16.1 Å². The average Bonchev–Trinajstić information content (AvgIpc) is 3.03. The molecule has 0 spiro atoms. The average molecular weight is 462 g/mol. The molecule has 0 unspecified atom stereocenters. The summed E-state index contributed by atoms with van der Waals surface area (Å²) in [6.07, 6.45) is 2.53. The lowest BCUT2D eigenvalue weighted by Gasteiger charge is -2.30. The first kappa shape index (κ1) is 22.7. The molecule has 0 saturated carbocycles. The van der Waals surface area contributed by atoms with Crippen LogP contribution in [0.4, 0.5) is 0 Å². The minimum absolute atomic E-state index is 0.0905. The van der Waals surface area contributed by atoms with Gasteiger partial charge in [-0.25, -0.2) is 8.42 Å². The van der Waals surface area contributed by atoms with Crippen molar-refractivity contribution >= 4 is 15.9 Å². The molecule has 1 atom stereocenters. The van der Waals surface area contributed by atoms with Crippen molar-refractivity contribution in [2.75, 3.05) is 33.3 Å². The van der Waals surface area contributed by atoms with Crippen LogP contribution in [-0.2, 0) is 17.1 Å². The summed E-state index contributed by atoms with van der Waals surface area (Å²) < 4.78 is 42.1. The number of likely N-dealkylation sites (tertiary alicyclic amines) is 1. The van der Waals surface area contributed by atoms with Crippen LogP contribution in [0, 0.1) is 13.8 Å². The lowest BCUT2D eigenvalue weighted by molar-refractivity contribution is 0.0719. The molecule has 2 aromatic rings. The molecule has 3 heterocycles. The molecule has 2 aliphatic rings. The van der Waals surface area contributed by atoms with E-state index in [9.17, 15) is 13.2 Å². The Bertz CT molecular complexity index is 1120. The van der Waals surface area contributed by atoms with Gasteiger partial charge in [-0.2, -0.15) is 4.31 Å². The second kappa shape index (κ2) is 8.78. The number of benzene rings is 1. The zero-order valence-corrected chi connectivity index (χ0v) is 19.9. The Morgan fingerprint density at radius 2 is 1.75 bits per heavy atom. The van der Waals surface area contributed by atoms with Crippen LogP contribution in [0.25, 0.3) is 0 Å². The van der Waals surface area contributed by atoms with Gasteiger partial charge in [0.2, 0.25) is 10.0 Å². The van der Waals surface area contributed by atoms with Gasteiger partial charge in [0.1, 0.15) is 17.6 Å². The Kier molecular flexibility index (Phi) is 6.22. The fourth-order valence-electron chi connectivity index (χ4n) is 4.43. The van der Waals surface area contributed by atoms with E-state index in [4.69, 9.17) is 9.47 Å². The standard InChI is InChI=1S/C23H31N3O5S/c1-16-21(23(27)26-12-8-5-9-13-26)22(17(2)25(16)4)32(28,29)24(3)14-18-15-30-19-10-6-7-11-20(19)31-18/h6-7,10-11,18H,5,8-9,12-15H2,1-4H3/t18-/m0/s1. The molecule has 1 aromatic carbocycles. The molecule has 1 fully saturated rings. The topological polar surface area (TPSA) is 81.1 Å². The largest absolute Gasteiger partial charge is 0.486 e. The lowest BCUT2D eigenvalue weighted by Crippen LogP contribution is -2.42. The normalized spacial score (nSPS) is 18.8. The molecule has 2 aliphatic heterocycles. The number of hydrogen-bond donors (Lipinski definition) is 0. The quantitative estimate of drug-likeness (QED) is 0.684. The number of ether oxygens (including phenoxy) is 2. The SMILES string of the molecule is Cc1c(C(=O)N2CCCCC2)c(S(=O)(=O)N(C)C[C@H]2COc3ccccc3O2)c(C)n1C. The zero-order chi connectivity index (χ0) is 23.0. The first-order valence-electron chi connectivity index (χ1n) is 11.0. The van der Waals surface area contributed by atoms with Crippen molar-refractivity contribution < 1.29 is 22.7 Å². The summed E-state index contributed by atoms with van der Waals surface area (Å²) in [5.74, 6) is 1.05. The maximum Gasteiger partial charge on any atom is 0.257 e. The van der Waals surface area contributed by atoms with Crippen molar-refractivity contribution in [3.63, 3.8) is 0 Å². The van der Waals surface area contributed by atoms with Gasteiger partial charge in [-0.1, -0.05) is 12.1 Å². The molecule has 4 rings (SSSR count). The highest BCUT2D eigenvalue weighted by molar-refractivity contribution is 7.89. The van der Waals surface area contributed by atoms with Gasteiger partial charge >= 0.3 is 0 Å². The first-order chi connectivity index (χ1) is 15.2. The van der Waals surface area contributed by atoms with Gasteiger partial charge in [-0.3, -0.25) is 4.79 Å². The van der Waals surface area contributed by atoms with Crippen LogP contribution in [0.5, 0.6) is 11.5 Å². The van der Waals surface area contributed by atoms with E-state index in [1.807, 2.05) is 18.2 Å². The summed E-state index contributed by atoms with van der Waals surface area (Å²) in [4.78, 5) is 15.3. The summed E-state index contributed by atoms with van der Waals surface area (Å²) in [7, 11) is -0.612. The third-order valence-electron chi connectivity index (χ3n) is 6.48. The highest BCUT2D eigenvalue weighted by atomic mass is 32.2. The zero-order valence-electron chi connectivity index (χ0n) is 19.1. The summed E-state index contributed by atoms with van der Waals surface area (Å²) >= 11 is 0. The van der Waals surface area contributed by atoms with Gasteiger partial charge in [0, 0.05) is 38.6 Å². The highest BCUT2D eigenvalue weighted by Gasteiger charge is 2.36. The van der Waals surface area contributed by atoms with Crippen LogP contribution in [0.1, 0.15) is 41.0 Å². The van der Waals surface area contributed by atoms with Crippen molar-refractivity contribution in [3.05, 3.63) is 41.2 Å². The number of aromatic nitrogens is 1. The van der Waals surface area contributed by atoms with Crippen molar-refractivity contribution in [1.82, 2.24) is 13.8 Å². The van der Waals surface area contributed by atoms with Crippen molar-refractivity contribution in [2.24, 2.45) is 7.05 Å². The molecule has 174 valence electrons. The van der Waals surface area contributed by atoms with Gasteiger partial charge in [0.15, 0.2) is 11.5 Å². The molecule has 0 radical (unpaired) electrons. The Morgan fingerprint density at radius 1 is 1.09 bits per heavy atom. The second-order valence-corrected chi connectivity index (χ2v) is 10.6. The minimum atomic E-state index is -3.93. The van der Waals surface area contributed by atoms with Crippen LogP contribution >= 0.6 is 0 Å². The molecule has 1 amide bonds. The molecular weight excluding hydrogens is 430 g/mol. The number of hydrogen-bond acceptors (Lipinski definition) is 5. The summed E-state index contributed by atoms with van der Waals surface area (Å²) in [6.45, 7) is 5.24. The van der Waals surface area contributed by atoms with E-state index >= 15 is 0 Å². The molecule has 32 heavy (non-hydrogen) atoms. The number of amides is 1. The molecule has 9 heteroatoms. The van der Waals surface area contributed by atoms with E-state index in [2.05, 4.69) is 0 Å². The fourth-order valence-corrected chi connectivity index (χ4v) is 6.11. The number of nitrogens with zero attached hydrogens (tertiary/aromatic N) is 3. The van der Waals surface area contributed by atoms with Crippen LogP contribution in [0.15, 0.2) is 29.2 Å². The summed E-state index contributed by atoms with van der Waals surface area (Å²) in [5.41, 5.74) is 1.50. The van der Waals surface area contributed by atoms with Crippen molar-refractivity contribution in [2.45, 2.75) is 44.1 Å². The van der Waals surface area contributed by atoms with Crippen molar-refractivity contribution in [1.29, 1.82) is 0 Å². The van der Waals surface area contributed by atoms with Gasteiger partial charge in [-0.15, -0.1) is 0 Å². The van der Waals surface area contributed by atoms with Gasteiger partial charge in [0.05, 0.1) is 12.1 Å². The number of carbonyl (C=O) groups is 1. The smallest absolute Gasteiger partial charge is 0.257 e. The number of fused-ring (bicyclic) bond motifs is 1. The van der Waals surface area contributed by atoms with E-state index in [0.717, 1.165) is 19.3 Å². The minimum Gasteiger partial charge on any atom is -0.486 e. The maximum atomic E-state index is 13.7. The Hall–Kier alpha value is -2.52. The second-order valence-electron chi connectivity index (χ2n) is 8.57. The van der Waals surface area contributed by atoms with Crippen LogP contribution in [0.2, 0.25) is 0 Å². The molecule has 8 nitrogen and oxygen atoms in total. The summed E-state index contributed by atoms with van der Waals surface area (Å²) in [6, 6.07) is 7.33. The Morgan fingerprint density at radius 3 is 2.44 bits per heavy atom.